The number of thiophene rings is 1. The average molecular weight is 395 g/mol. The summed E-state index contributed by atoms with van der Waals surface area (Å²) in [5.41, 5.74) is 3.25. The summed E-state index contributed by atoms with van der Waals surface area (Å²) in [5, 5.41) is 3.29. The van der Waals surface area contributed by atoms with Gasteiger partial charge in [0.15, 0.2) is 11.5 Å². The fraction of sp³-hybridized carbons (Fsp3) is 0.333. The third-order valence-corrected chi connectivity index (χ3v) is 5.97. The van der Waals surface area contributed by atoms with Gasteiger partial charge in [0.2, 0.25) is 5.95 Å². The van der Waals surface area contributed by atoms with Crippen molar-refractivity contribution in [2.45, 2.75) is 26.4 Å². The summed E-state index contributed by atoms with van der Waals surface area (Å²) in [7, 11) is 0. The van der Waals surface area contributed by atoms with Crippen LogP contribution in [-0.2, 0) is 19.5 Å². The van der Waals surface area contributed by atoms with E-state index in [-0.39, 0.29) is 0 Å². The van der Waals surface area contributed by atoms with Gasteiger partial charge in [-0.1, -0.05) is 0 Å². The largest absolute Gasteiger partial charge is 0.486 e. The Balaban J connectivity index is 1.28. The van der Waals surface area contributed by atoms with Gasteiger partial charge in [0.25, 0.3) is 0 Å². The molecule has 2 aliphatic heterocycles. The summed E-state index contributed by atoms with van der Waals surface area (Å²) >= 11 is 1.87. The highest BCUT2D eigenvalue weighted by molar-refractivity contribution is 7.11. The van der Waals surface area contributed by atoms with Crippen LogP contribution >= 0.6 is 11.3 Å². The van der Waals surface area contributed by atoms with Gasteiger partial charge in [-0.05, 0) is 31.2 Å². The van der Waals surface area contributed by atoms with Crippen LogP contribution in [0.4, 0.5) is 11.6 Å². The van der Waals surface area contributed by atoms with Crippen molar-refractivity contribution in [3.63, 3.8) is 0 Å². The highest BCUT2D eigenvalue weighted by Crippen LogP contribution is 2.33. The number of ether oxygens (including phenoxy) is 2. The van der Waals surface area contributed by atoms with Crippen LogP contribution in [0.5, 0.6) is 11.5 Å². The number of aromatic nitrogens is 2. The zero-order valence-electron chi connectivity index (χ0n) is 15.8. The minimum Gasteiger partial charge on any atom is -0.486 e. The number of nitrogens with zero attached hydrogens (tertiary/aromatic N) is 3. The van der Waals surface area contributed by atoms with Crippen molar-refractivity contribution < 1.29 is 9.47 Å². The number of nitrogens with one attached hydrogen (secondary N) is 1. The molecular weight excluding hydrogens is 372 g/mol. The van der Waals surface area contributed by atoms with Crippen LogP contribution < -0.4 is 14.8 Å². The number of benzene rings is 1. The Hall–Kier alpha value is -2.64. The van der Waals surface area contributed by atoms with E-state index >= 15 is 0 Å². The van der Waals surface area contributed by atoms with Gasteiger partial charge in [0.1, 0.15) is 13.2 Å². The molecule has 0 atom stereocenters. The minimum absolute atomic E-state index is 0.577. The molecule has 0 spiro atoms. The van der Waals surface area contributed by atoms with Crippen LogP contribution in [0.25, 0.3) is 0 Å². The van der Waals surface area contributed by atoms with Crippen molar-refractivity contribution in [2.24, 2.45) is 0 Å². The Kier molecular flexibility index (Phi) is 4.62. The predicted molar refractivity (Wildman–Crippen MR) is 110 cm³/mol. The maximum Gasteiger partial charge on any atom is 0.227 e. The van der Waals surface area contributed by atoms with Gasteiger partial charge in [0, 0.05) is 59.3 Å². The highest BCUT2D eigenvalue weighted by atomic mass is 32.1. The van der Waals surface area contributed by atoms with E-state index < -0.39 is 0 Å². The van der Waals surface area contributed by atoms with Crippen LogP contribution in [-0.4, -0.2) is 34.6 Å². The number of hydrogen-bond acceptors (Lipinski definition) is 7. The molecule has 0 saturated carbocycles. The average Bonchev–Trinajstić information content (AvgIpc) is 3.12. The molecule has 1 aromatic carbocycles. The normalized spacial score (nSPS) is 15.9. The lowest BCUT2D eigenvalue weighted by atomic mass is 10.1. The first-order valence-corrected chi connectivity index (χ1v) is 10.3. The zero-order chi connectivity index (χ0) is 18.9. The topological polar surface area (TPSA) is 59.5 Å². The smallest absolute Gasteiger partial charge is 0.227 e. The van der Waals surface area contributed by atoms with E-state index in [9.17, 15) is 0 Å². The first-order chi connectivity index (χ1) is 13.7. The van der Waals surface area contributed by atoms with E-state index in [1.807, 2.05) is 35.7 Å². The Labute approximate surface area is 168 Å². The molecule has 144 valence electrons. The Morgan fingerprint density at radius 3 is 2.89 bits per heavy atom. The van der Waals surface area contributed by atoms with Crippen molar-refractivity contribution in [1.29, 1.82) is 0 Å². The standard InChI is InChI=1S/C21H22N4O2S/c1-14-2-4-17(28-14)13-25-7-6-18-15(12-25)11-22-21(24-18)23-16-3-5-19-20(10-16)27-9-8-26-19/h2-5,10-11H,6-9,12-13H2,1H3,(H,22,23,24). The quantitative estimate of drug-likeness (QED) is 0.724. The molecule has 28 heavy (non-hydrogen) atoms. The zero-order valence-corrected chi connectivity index (χ0v) is 16.6. The monoisotopic (exact) mass is 394 g/mol. The van der Waals surface area contributed by atoms with E-state index in [1.54, 1.807) is 0 Å². The summed E-state index contributed by atoms with van der Waals surface area (Å²) < 4.78 is 11.2. The number of rotatable bonds is 4. The number of fused-ring (bicyclic) bond motifs is 2. The highest BCUT2D eigenvalue weighted by Gasteiger charge is 2.19. The minimum atomic E-state index is 0.577. The van der Waals surface area contributed by atoms with Gasteiger partial charge in [-0.15, -0.1) is 11.3 Å². The Bertz CT molecular complexity index is 1000. The van der Waals surface area contributed by atoms with Crippen molar-refractivity contribution in [1.82, 2.24) is 14.9 Å². The van der Waals surface area contributed by atoms with Crippen molar-refractivity contribution in [3.05, 3.63) is 57.5 Å². The molecule has 2 aliphatic rings. The maximum absolute atomic E-state index is 5.64. The molecule has 0 aliphatic carbocycles. The second kappa shape index (κ2) is 7.41. The molecule has 1 N–H and O–H groups in total. The van der Waals surface area contributed by atoms with E-state index in [0.717, 1.165) is 48.9 Å². The molecule has 0 unspecified atom stereocenters. The molecule has 3 aromatic rings. The molecule has 2 aromatic heterocycles. The van der Waals surface area contributed by atoms with Gasteiger partial charge < -0.3 is 14.8 Å². The summed E-state index contributed by atoms with van der Waals surface area (Å²) in [6, 6.07) is 10.2. The fourth-order valence-electron chi connectivity index (χ4n) is 3.61. The van der Waals surface area contributed by atoms with Crippen LogP contribution in [0.2, 0.25) is 0 Å². The summed E-state index contributed by atoms with van der Waals surface area (Å²) in [6.45, 7) is 6.24. The number of anilines is 2. The predicted octanol–water partition coefficient (Wildman–Crippen LogP) is 3.92. The fourth-order valence-corrected chi connectivity index (χ4v) is 4.54. The Morgan fingerprint density at radius 1 is 1.14 bits per heavy atom. The second-order valence-electron chi connectivity index (χ2n) is 7.12. The molecule has 7 heteroatoms. The van der Waals surface area contributed by atoms with Gasteiger partial charge >= 0.3 is 0 Å². The van der Waals surface area contributed by atoms with Crippen molar-refractivity contribution in [2.75, 3.05) is 25.1 Å². The lowest BCUT2D eigenvalue weighted by Crippen LogP contribution is -2.30. The Morgan fingerprint density at radius 2 is 2.04 bits per heavy atom. The summed E-state index contributed by atoms with van der Waals surface area (Å²) in [4.78, 5) is 14.5. The number of aryl methyl sites for hydroxylation is 1. The van der Waals surface area contributed by atoms with E-state index in [4.69, 9.17) is 14.5 Å². The molecule has 6 nitrogen and oxygen atoms in total. The molecular formula is C21H22N4O2S. The van der Waals surface area contributed by atoms with Crippen molar-refractivity contribution >= 4 is 23.0 Å². The molecule has 0 fully saturated rings. The number of hydrogen-bond donors (Lipinski definition) is 1. The molecule has 0 bridgehead atoms. The maximum atomic E-state index is 5.64. The van der Waals surface area contributed by atoms with Gasteiger partial charge in [-0.25, -0.2) is 9.97 Å². The van der Waals surface area contributed by atoms with E-state index in [0.29, 0.717) is 19.2 Å². The molecule has 4 heterocycles. The van der Waals surface area contributed by atoms with Gasteiger partial charge in [-0.2, -0.15) is 0 Å². The van der Waals surface area contributed by atoms with E-state index in [2.05, 4.69) is 34.3 Å². The third-order valence-electron chi connectivity index (χ3n) is 4.99. The van der Waals surface area contributed by atoms with E-state index in [1.165, 1.54) is 15.3 Å². The molecule has 0 amide bonds. The first kappa shape index (κ1) is 17.5. The summed E-state index contributed by atoms with van der Waals surface area (Å²) in [5.74, 6) is 2.16. The van der Waals surface area contributed by atoms with Gasteiger partial charge in [-0.3, -0.25) is 4.90 Å². The molecule has 0 saturated heterocycles. The second-order valence-corrected chi connectivity index (χ2v) is 8.49. The lowest BCUT2D eigenvalue weighted by Gasteiger charge is -2.27. The molecule has 5 rings (SSSR count). The SMILES string of the molecule is Cc1ccc(CN2CCc3nc(Nc4ccc5c(c4)OCCO5)ncc3C2)s1. The molecule has 0 radical (unpaired) electrons. The van der Waals surface area contributed by atoms with Crippen molar-refractivity contribution in [3.8, 4) is 11.5 Å². The van der Waals surface area contributed by atoms with Crippen LogP contribution in [0.15, 0.2) is 36.5 Å². The lowest BCUT2D eigenvalue weighted by molar-refractivity contribution is 0.171. The van der Waals surface area contributed by atoms with Crippen LogP contribution in [0.1, 0.15) is 21.0 Å². The summed E-state index contributed by atoms with van der Waals surface area (Å²) in [6.07, 6.45) is 2.90. The van der Waals surface area contributed by atoms with Crippen LogP contribution in [0, 0.1) is 6.92 Å². The third kappa shape index (κ3) is 3.68. The van der Waals surface area contributed by atoms with Gasteiger partial charge in [0.05, 0.1) is 5.69 Å². The first-order valence-electron chi connectivity index (χ1n) is 9.52. The van der Waals surface area contributed by atoms with Crippen LogP contribution in [0.3, 0.4) is 0 Å².